The van der Waals surface area contributed by atoms with Gasteiger partial charge in [-0.3, -0.25) is 9.59 Å². The summed E-state index contributed by atoms with van der Waals surface area (Å²) >= 11 is 0. The van der Waals surface area contributed by atoms with Crippen LogP contribution >= 0.6 is 0 Å². The maximum absolute atomic E-state index is 14.1. The van der Waals surface area contributed by atoms with Crippen molar-refractivity contribution in [2.75, 3.05) is 18.6 Å². The summed E-state index contributed by atoms with van der Waals surface area (Å²) in [5.41, 5.74) is 5.68. The Bertz CT molecular complexity index is 1890. The van der Waals surface area contributed by atoms with Gasteiger partial charge in [0.1, 0.15) is 17.8 Å². The third kappa shape index (κ3) is 4.79. The summed E-state index contributed by atoms with van der Waals surface area (Å²) in [7, 11) is 1.62. The average molecular weight is 597 g/mol. The number of hydrogen-bond donors (Lipinski definition) is 0. The van der Waals surface area contributed by atoms with Gasteiger partial charge in [0.05, 0.1) is 19.3 Å². The number of benzene rings is 4. The largest absolute Gasteiger partial charge is 0.497 e. The molecular formula is C37H32N4O4. The van der Waals surface area contributed by atoms with Crippen molar-refractivity contribution < 1.29 is 19.1 Å². The van der Waals surface area contributed by atoms with Crippen molar-refractivity contribution in [3.63, 3.8) is 0 Å². The zero-order chi connectivity index (χ0) is 31.1. The number of para-hydroxylation sites is 1. The Kier molecular flexibility index (Phi) is 7.04. The van der Waals surface area contributed by atoms with Crippen LogP contribution in [0.25, 0.3) is 11.1 Å². The lowest BCUT2D eigenvalue weighted by Gasteiger charge is -2.56. The zero-order valence-corrected chi connectivity index (χ0v) is 25.3. The van der Waals surface area contributed by atoms with E-state index in [2.05, 4.69) is 28.2 Å². The Labute approximate surface area is 261 Å². The van der Waals surface area contributed by atoms with Crippen LogP contribution in [0.4, 0.5) is 5.69 Å². The minimum Gasteiger partial charge on any atom is -0.497 e. The van der Waals surface area contributed by atoms with E-state index in [1.165, 1.54) is 0 Å². The average Bonchev–Trinajstić information content (AvgIpc) is 3.15. The van der Waals surface area contributed by atoms with Crippen molar-refractivity contribution >= 4 is 17.5 Å². The molecule has 0 bridgehead atoms. The van der Waals surface area contributed by atoms with Crippen molar-refractivity contribution in [2.45, 2.75) is 32.0 Å². The number of carbonyl (C=O) groups is 2. The highest BCUT2D eigenvalue weighted by Crippen LogP contribution is 2.53. The van der Waals surface area contributed by atoms with Crippen molar-refractivity contribution in [3.05, 3.63) is 137 Å². The van der Waals surface area contributed by atoms with E-state index in [9.17, 15) is 9.59 Å². The van der Waals surface area contributed by atoms with Gasteiger partial charge in [-0.1, -0.05) is 78.9 Å². The van der Waals surface area contributed by atoms with Crippen LogP contribution in [-0.4, -0.2) is 46.4 Å². The number of hydrogen-bond acceptors (Lipinski definition) is 6. The summed E-state index contributed by atoms with van der Waals surface area (Å²) in [6.07, 6.45) is -1.00. The van der Waals surface area contributed by atoms with Gasteiger partial charge in [-0.2, -0.15) is 0 Å². The first kappa shape index (κ1) is 28.3. The normalized spacial score (nSPS) is 18.9. The van der Waals surface area contributed by atoms with E-state index in [0.717, 1.165) is 45.0 Å². The highest BCUT2D eigenvalue weighted by molar-refractivity contribution is 6.04. The molecule has 2 aliphatic heterocycles. The summed E-state index contributed by atoms with van der Waals surface area (Å²) in [6, 6.07) is 35.7. The number of carbonyl (C=O) groups excluding carboxylic acids is 2. The standard InChI is InChI=1S/C37H32N4O4/c1-24-20-25(2)39-36(38-24)45-34-35(43)41-23-33(42)40(22-26-16-18-30(44-3)19-17-26)32-15-8-7-14-31(32)37(34,41)29-13-9-12-28(21-29)27-10-5-4-6-11-27/h4-21,34H,22-23H2,1-3H3. The summed E-state index contributed by atoms with van der Waals surface area (Å²) in [6.45, 7) is 3.94. The molecule has 2 amide bonds. The molecule has 2 atom stereocenters. The molecule has 0 spiro atoms. The van der Waals surface area contributed by atoms with Crippen molar-refractivity contribution in [3.8, 4) is 22.9 Å². The molecule has 7 rings (SSSR count). The van der Waals surface area contributed by atoms with E-state index < -0.39 is 11.6 Å². The van der Waals surface area contributed by atoms with Crippen LogP contribution in [0, 0.1) is 13.8 Å². The monoisotopic (exact) mass is 596 g/mol. The quantitative estimate of drug-likeness (QED) is 0.219. The molecule has 1 saturated heterocycles. The molecule has 0 aliphatic carbocycles. The number of rotatable bonds is 7. The second kappa shape index (κ2) is 11.2. The number of aryl methyl sites for hydroxylation is 2. The summed E-state index contributed by atoms with van der Waals surface area (Å²) in [5.74, 6) is 0.257. The first-order chi connectivity index (χ1) is 21.9. The second-order valence-electron chi connectivity index (χ2n) is 11.4. The van der Waals surface area contributed by atoms with Gasteiger partial charge in [-0.15, -0.1) is 0 Å². The Hall–Kier alpha value is -5.50. The van der Waals surface area contributed by atoms with Crippen LogP contribution in [0.3, 0.4) is 0 Å². The van der Waals surface area contributed by atoms with E-state index >= 15 is 0 Å². The number of amides is 2. The second-order valence-corrected chi connectivity index (χ2v) is 11.4. The predicted molar refractivity (Wildman–Crippen MR) is 171 cm³/mol. The van der Waals surface area contributed by atoms with Crippen molar-refractivity contribution in [2.24, 2.45) is 0 Å². The van der Waals surface area contributed by atoms with Gasteiger partial charge in [0, 0.05) is 17.0 Å². The van der Waals surface area contributed by atoms with Gasteiger partial charge in [0.15, 0.2) is 0 Å². The molecule has 0 N–H and O–H groups in total. The lowest BCUT2D eigenvalue weighted by molar-refractivity contribution is -0.178. The molecule has 5 aromatic rings. The zero-order valence-electron chi connectivity index (χ0n) is 25.3. The Morgan fingerprint density at radius 2 is 1.49 bits per heavy atom. The maximum Gasteiger partial charge on any atom is 0.317 e. The van der Waals surface area contributed by atoms with E-state index in [1.54, 1.807) is 16.9 Å². The molecule has 8 nitrogen and oxygen atoms in total. The van der Waals surface area contributed by atoms with Crippen LogP contribution in [0.1, 0.15) is 28.1 Å². The molecule has 1 fully saturated rings. The van der Waals surface area contributed by atoms with Gasteiger partial charge >= 0.3 is 6.01 Å². The fraction of sp³-hybridized carbons (Fsp3) is 0.189. The van der Waals surface area contributed by atoms with Gasteiger partial charge in [0.25, 0.3) is 5.91 Å². The topological polar surface area (TPSA) is 84.9 Å². The smallest absolute Gasteiger partial charge is 0.317 e. The fourth-order valence-corrected chi connectivity index (χ4v) is 6.55. The molecule has 224 valence electrons. The van der Waals surface area contributed by atoms with E-state index in [-0.39, 0.29) is 24.4 Å². The number of fused-ring (bicyclic) bond motifs is 3. The number of nitrogens with zero attached hydrogens (tertiary/aromatic N) is 4. The summed E-state index contributed by atoms with van der Waals surface area (Å²) in [4.78, 5) is 40.6. The maximum atomic E-state index is 14.1. The number of ether oxygens (including phenoxy) is 2. The molecule has 45 heavy (non-hydrogen) atoms. The SMILES string of the molecule is COc1ccc(CN2C(=O)CN3C(=O)C(Oc4nc(C)cc(C)n4)C3(c3cccc(-c4ccccc4)c3)c3ccccc32)cc1. The highest BCUT2D eigenvalue weighted by atomic mass is 16.5. The predicted octanol–water partition coefficient (Wildman–Crippen LogP) is 5.85. The van der Waals surface area contributed by atoms with Gasteiger partial charge in [0.2, 0.25) is 12.0 Å². The van der Waals surface area contributed by atoms with Crippen molar-refractivity contribution in [1.82, 2.24) is 14.9 Å². The summed E-state index contributed by atoms with van der Waals surface area (Å²) in [5, 5.41) is 0. The van der Waals surface area contributed by atoms with Crippen LogP contribution in [-0.2, 0) is 21.7 Å². The van der Waals surface area contributed by atoms with Crippen LogP contribution in [0.15, 0.2) is 109 Å². The molecule has 2 aliphatic rings. The first-order valence-corrected chi connectivity index (χ1v) is 14.9. The minimum absolute atomic E-state index is 0.118. The number of methoxy groups -OCH3 is 1. The number of aromatic nitrogens is 2. The fourth-order valence-electron chi connectivity index (χ4n) is 6.55. The molecule has 0 radical (unpaired) electrons. The van der Waals surface area contributed by atoms with Crippen molar-refractivity contribution in [1.29, 1.82) is 0 Å². The Balaban J connectivity index is 1.42. The minimum atomic E-state index is -1.12. The van der Waals surface area contributed by atoms with E-state index in [0.29, 0.717) is 12.2 Å². The lowest BCUT2D eigenvalue weighted by atomic mass is 9.69. The number of β-lactam (4-membered cyclic amide) rings is 1. The third-order valence-electron chi connectivity index (χ3n) is 8.59. The third-order valence-corrected chi connectivity index (χ3v) is 8.59. The summed E-state index contributed by atoms with van der Waals surface area (Å²) < 4.78 is 11.8. The Morgan fingerprint density at radius 3 is 2.22 bits per heavy atom. The Morgan fingerprint density at radius 1 is 0.800 bits per heavy atom. The number of anilines is 1. The first-order valence-electron chi connectivity index (χ1n) is 14.9. The van der Waals surface area contributed by atoms with Crippen LogP contribution in [0.2, 0.25) is 0 Å². The molecule has 4 aromatic carbocycles. The van der Waals surface area contributed by atoms with E-state index in [4.69, 9.17) is 9.47 Å². The van der Waals surface area contributed by atoms with E-state index in [1.807, 2.05) is 105 Å². The molecule has 2 unspecified atom stereocenters. The van der Waals surface area contributed by atoms with Gasteiger partial charge in [-0.05, 0) is 66.4 Å². The molecular weight excluding hydrogens is 564 g/mol. The molecule has 1 aromatic heterocycles. The molecule has 0 saturated carbocycles. The lowest BCUT2D eigenvalue weighted by Crippen LogP contribution is -2.74. The van der Waals surface area contributed by atoms with Gasteiger partial charge < -0.3 is 19.3 Å². The molecule has 8 heteroatoms. The van der Waals surface area contributed by atoms with Crippen LogP contribution < -0.4 is 14.4 Å². The highest BCUT2D eigenvalue weighted by Gasteiger charge is 2.67. The molecule has 3 heterocycles. The van der Waals surface area contributed by atoms with Crippen LogP contribution in [0.5, 0.6) is 11.8 Å². The van der Waals surface area contributed by atoms with Gasteiger partial charge in [-0.25, -0.2) is 9.97 Å².